The molecule has 65 heavy (non-hydrogen) atoms. The van der Waals surface area contributed by atoms with Gasteiger partial charge in [0.1, 0.15) is 0 Å². The molecule has 0 saturated carbocycles. The third kappa shape index (κ3) is 7.62. The second kappa shape index (κ2) is 15.5. The van der Waals surface area contributed by atoms with E-state index in [9.17, 15) is 0 Å². The summed E-state index contributed by atoms with van der Waals surface area (Å²) in [6.45, 7) is 37.0. The lowest BCUT2D eigenvalue weighted by atomic mass is 9.84. The second-order valence-electron chi connectivity index (χ2n) is 22.5. The van der Waals surface area contributed by atoms with E-state index in [2.05, 4.69) is 238 Å². The van der Waals surface area contributed by atoms with E-state index >= 15 is 0 Å². The fraction of sp³-hybridized carbons (Fsp3) is 0.355. The van der Waals surface area contributed by atoms with Crippen molar-refractivity contribution in [3.05, 3.63) is 142 Å². The van der Waals surface area contributed by atoms with Gasteiger partial charge in [-0.1, -0.05) is 119 Å². The van der Waals surface area contributed by atoms with Crippen molar-refractivity contribution in [2.45, 2.75) is 145 Å². The molecule has 0 unspecified atom stereocenters. The van der Waals surface area contributed by atoms with Crippen LogP contribution in [-0.4, -0.2) is 13.7 Å². The van der Waals surface area contributed by atoms with Gasteiger partial charge in [0.05, 0.1) is 11.0 Å². The van der Waals surface area contributed by atoms with Gasteiger partial charge < -0.3 is 13.7 Å². The summed E-state index contributed by atoms with van der Waals surface area (Å²) < 4.78 is 7.34. The van der Waals surface area contributed by atoms with Crippen molar-refractivity contribution in [1.82, 2.24) is 13.7 Å². The lowest BCUT2D eigenvalue weighted by Crippen LogP contribution is -2.11. The monoisotopic (exact) mass is 854 g/mol. The van der Waals surface area contributed by atoms with Crippen molar-refractivity contribution in [2.75, 3.05) is 0 Å². The van der Waals surface area contributed by atoms with Crippen LogP contribution in [0.2, 0.25) is 0 Å². The van der Waals surface area contributed by atoms with Gasteiger partial charge in [0.15, 0.2) is 0 Å². The minimum Gasteiger partial charge on any atom is -0.341 e. The molecule has 0 amide bonds. The molecule has 9 rings (SSSR count). The number of benzene rings is 6. The molecular formula is C62H67N3. The highest BCUT2D eigenvalue weighted by Gasteiger charge is 2.24. The maximum absolute atomic E-state index is 3.74. The SMILES string of the molecule is CCn1c2ccc(C#Cc3cc(C(C)(C)C)cc4c5cc(C(C)(C)C)ccc5n(CC)c34)cc2c2cc(C#Cc3cc(C(C)(C)C)cc4c5cc(C(C)(C)C)ccc5n(CC)c34)ccc21. The summed E-state index contributed by atoms with van der Waals surface area (Å²) >= 11 is 0. The van der Waals surface area contributed by atoms with Gasteiger partial charge in [-0.15, -0.1) is 0 Å². The number of fused-ring (bicyclic) bond motifs is 9. The van der Waals surface area contributed by atoms with E-state index in [0.717, 1.165) is 41.9 Å². The van der Waals surface area contributed by atoms with Crippen molar-refractivity contribution >= 4 is 65.4 Å². The zero-order valence-corrected chi connectivity index (χ0v) is 41.7. The smallest absolute Gasteiger partial charge is 0.0650 e. The van der Waals surface area contributed by atoms with Gasteiger partial charge in [-0.2, -0.15) is 0 Å². The molecule has 3 aromatic heterocycles. The molecule has 0 saturated heterocycles. The van der Waals surface area contributed by atoms with Gasteiger partial charge in [-0.05, 0) is 150 Å². The molecule has 6 aromatic carbocycles. The van der Waals surface area contributed by atoms with E-state index in [1.165, 1.54) is 87.7 Å². The third-order valence-electron chi connectivity index (χ3n) is 13.9. The summed E-state index contributed by atoms with van der Waals surface area (Å²) in [5.74, 6) is 14.8. The second-order valence-corrected chi connectivity index (χ2v) is 22.5. The van der Waals surface area contributed by atoms with Crippen molar-refractivity contribution in [3.63, 3.8) is 0 Å². The van der Waals surface area contributed by atoms with Gasteiger partial charge in [-0.3, -0.25) is 0 Å². The zero-order valence-electron chi connectivity index (χ0n) is 41.7. The number of hydrogen-bond donors (Lipinski definition) is 0. The van der Waals surface area contributed by atoms with E-state index in [0.29, 0.717) is 0 Å². The van der Waals surface area contributed by atoms with Gasteiger partial charge in [0.2, 0.25) is 0 Å². The highest BCUT2D eigenvalue weighted by atomic mass is 15.0. The summed E-state index contributed by atoms with van der Waals surface area (Å²) in [5, 5.41) is 7.62. The Kier molecular flexibility index (Phi) is 10.5. The molecule has 9 aromatic rings. The largest absolute Gasteiger partial charge is 0.341 e. The van der Waals surface area contributed by atoms with E-state index < -0.39 is 0 Å². The lowest BCUT2D eigenvalue weighted by molar-refractivity contribution is 0.590. The number of aryl methyl sites for hydroxylation is 3. The maximum Gasteiger partial charge on any atom is 0.0650 e. The highest BCUT2D eigenvalue weighted by Crippen LogP contribution is 2.40. The Labute approximate surface area is 387 Å². The van der Waals surface area contributed by atoms with Crippen LogP contribution in [0, 0.1) is 23.7 Å². The molecular weight excluding hydrogens is 787 g/mol. The fourth-order valence-electron chi connectivity index (χ4n) is 10.0. The van der Waals surface area contributed by atoms with Crippen LogP contribution >= 0.6 is 0 Å². The molecule has 0 aliphatic heterocycles. The Balaban J connectivity index is 1.19. The molecule has 0 bridgehead atoms. The average molecular weight is 854 g/mol. The van der Waals surface area contributed by atoms with Gasteiger partial charge in [-0.25, -0.2) is 0 Å². The Morgan fingerprint density at radius 3 is 0.969 bits per heavy atom. The van der Waals surface area contributed by atoms with Crippen LogP contribution in [0.4, 0.5) is 0 Å². The van der Waals surface area contributed by atoms with Gasteiger partial charge in [0, 0.05) is 96.3 Å². The average Bonchev–Trinajstić information content (AvgIpc) is 3.87. The molecule has 0 atom stereocenters. The zero-order chi connectivity index (χ0) is 46.5. The summed E-state index contributed by atoms with van der Waals surface area (Å²) in [5.41, 5.74) is 17.0. The summed E-state index contributed by atoms with van der Waals surface area (Å²) in [4.78, 5) is 0. The van der Waals surface area contributed by atoms with E-state index in [1.54, 1.807) is 0 Å². The maximum atomic E-state index is 3.74. The van der Waals surface area contributed by atoms with Crippen LogP contribution in [0.15, 0.2) is 97.1 Å². The lowest BCUT2D eigenvalue weighted by Gasteiger charge is -2.20. The van der Waals surface area contributed by atoms with Crippen molar-refractivity contribution < 1.29 is 0 Å². The Hall–Kier alpha value is -6.16. The van der Waals surface area contributed by atoms with Crippen LogP contribution < -0.4 is 0 Å². The highest BCUT2D eigenvalue weighted by molar-refractivity contribution is 6.12. The predicted molar refractivity (Wildman–Crippen MR) is 282 cm³/mol. The Morgan fingerprint density at radius 2 is 0.631 bits per heavy atom. The molecule has 0 aliphatic rings. The van der Waals surface area contributed by atoms with Crippen LogP contribution in [0.3, 0.4) is 0 Å². The first-order valence-corrected chi connectivity index (χ1v) is 23.9. The molecule has 0 fully saturated rings. The number of nitrogens with zero attached hydrogens (tertiary/aromatic N) is 3. The Bertz CT molecular complexity index is 3290. The van der Waals surface area contributed by atoms with E-state index in [1.807, 2.05) is 0 Å². The van der Waals surface area contributed by atoms with Gasteiger partial charge >= 0.3 is 0 Å². The number of aromatic nitrogens is 3. The molecule has 3 heteroatoms. The van der Waals surface area contributed by atoms with Crippen molar-refractivity contribution in [1.29, 1.82) is 0 Å². The summed E-state index contributed by atoms with van der Waals surface area (Å²) in [6, 6.07) is 37.1. The minimum absolute atomic E-state index is 0.0274. The quantitative estimate of drug-likeness (QED) is 0.157. The molecule has 330 valence electrons. The van der Waals surface area contributed by atoms with Crippen molar-refractivity contribution in [3.8, 4) is 23.7 Å². The van der Waals surface area contributed by atoms with Crippen LogP contribution in [-0.2, 0) is 41.3 Å². The normalized spacial score (nSPS) is 12.8. The van der Waals surface area contributed by atoms with Crippen LogP contribution in [0.1, 0.15) is 148 Å². The minimum atomic E-state index is -0.0274. The van der Waals surface area contributed by atoms with Crippen LogP contribution in [0.25, 0.3) is 65.4 Å². The van der Waals surface area contributed by atoms with Crippen molar-refractivity contribution in [2.24, 2.45) is 0 Å². The van der Waals surface area contributed by atoms with E-state index in [4.69, 9.17) is 0 Å². The standard InChI is InChI=1S/C62H67N3/c1-16-63-53-27-21-39(19-23-41-33-45(61(10,11)12)37-51-49-35-43(59(4,5)6)25-29-55(49)64(17-2)57(41)51)31-47(53)48-32-40(22-28-54(48)63)20-24-42-34-46(62(13,14)15)38-52-50-36-44(60(7,8)9)26-30-56(50)65(18-3)58(42)52/h21-22,25-38H,16-18H2,1-15H3. The molecule has 0 N–H and O–H groups in total. The summed E-state index contributed by atoms with van der Waals surface area (Å²) in [7, 11) is 0. The summed E-state index contributed by atoms with van der Waals surface area (Å²) in [6.07, 6.45) is 0. The predicted octanol–water partition coefficient (Wildman–Crippen LogP) is 16.1. The topological polar surface area (TPSA) is 14.8 Å². The molecule has 0 spiro atoms. The fourth-order valence-corrected chi connectivity index (χ4v) is 10.0. The molecule has 0 aliphatic carbocycles. The first-order valence-electron chi connectivity index (χ1n) is 23.9. The first-order chi connectivity index (χ1) is 30.6. The molecule has 3 heterocycles. The third-order valence-corrected chi connectivity index (χ3v) is 13.9. The van der Waals surface area contributed by atoms with E-state index in [-0.39, 0.29) is 21.7 Å². The van der Waals surface area contributed by atoms with Crippen LogP contribution in [0.5, 0.6) is 0 Å². The van der Waals surface area contributed by atoms with Gasteiger partial charge in [0.25, 0.3) is 0 Å². The number of hydrogen-bond acceptors (Lipinski definition) is 0. The first kappa shape index (κ1) is 44.1. The molecule has 3 nitrogen and oxygen atoms in total. The molecule has 0 radical (unpaired) electrons. The Morgan fingerprint density at radius 1 is 0.323 bits per heavy atom. The number of rotatable bonds is 3.